The fraction of sp³-hybridized carbons (Fsp3) is 0.333. The molecule has 1 aliphatic rings. The first kappa shape index (κ1) is 13.8. The summed E-state index contributed by atoms with van der Waals surface area (Å²) in [6, 6.07) is 14.5. The number of rotatable bonds is 6. The van der Waals surface area contributed by atoms with Gasteiger partial charge in [0.2, 0.25) is 0 Å². The molecule has 2 aromatic carbocycles. The lowest BCUT2D eigenvalue weighted by Gasteiger charge is -2.13. The molecule has 0 bridgehead atoms. The summed E-state index contributed by atoms with van der Waals surface area (Å²) in [7, 11) is 3.34. The van der Waals surface area contributed by atoms with E-state index in [0.29, 0.717) is 0 Å². The highest BCUT2D eigenvalue weighted by Crippen LogP contribution is 2.41. The minimum absolute atomic E-state index is 0.767. The largest absolute Gasteiger partial charge is 0.497 e. The van der Waals surface area contributed by atoms with Gasteiger partial charge in [-0.1, -0.05) is 24.3 Å². The van der Waals surface area contributed by atoms with E-state index in [4.69, 9.17) is 9.47 Å². The second-order valence-corrected chi connectivity index (χ2v) is 5.43. The zero-order chi connectivity index (χ0) is 14.7. The van der Waals surface area contributed by atoms with Gasteiger partial charge in [0.05, 0.1) is 14.2 Å². The fourth-order valence-corrected chi connectivity index (χ4v) is 2.59. The summed E-state index contributed by atoms with van der Waals surface area (Å²) in [5, 5.41) is 3.47. The van der Waals surface area contributed by atoms with E-state index in [9.17, 15) is 0 Å². The van der Waals surface area contributed by atoms with E-state index >= 15 is 0 Å². The van der Waals surface area contributed by atoms with E-state index in [0.717, 1.165) is 29.6 Å². The van der Waals surface area contributed by atoms with Crippen LogP contribution in [0.15, 0.2) is 42.5 Å². The Kier molecular flexibility index (Phi) is 4.00. The van der Waals surface area contributed by atoms with E-state index in [1.807, 2.05) is 18.2 Å². The van der Waals surface area contributed by atoms with Gasteiger partial charge in [-0.3, -0.25) is 0 Å². The molecule has 1 aliphatic carbocycles. The van der Waals surface area contributed by atoms with Crippen molar-refractivity contribution in [3.8, 4) is 11.5 Å². The van der Waals surface area contributed by atoms with Gasteiger partial charge >= 0.3 is 0 Å². The molecule has 0 spiro atoms. The van der Waals surface area contributed by atoms with Crippen LogP contribution < -0.4 is 14.8 Å². The summed E-state index contributed by atoms with van der Waals surface area (Å²) in [5.74, 6) is 2.36. The molecule has 3 heteroatoms. The molecule has 110 valence electrons. The van der Waals surface area contributed by atoms with Crippen LogP contribution in [-0.2, 0) is 6.54 Å². The van der Waals surface area contributed by atoms with Gasteiger partial charge in [0.15, 0.2) is 0 Å². The Labute approximate surface area is 125 Å². The van der Waals surface area contributed by atoms with Crippen LogP contribution in [0.4, 0.5) is 5.69 Å². The molecule has 0 unspecified atom stereocenters. The third-order valence-corrected chi connectivity index (χ3v) is 3.91. The summed E-state index contributed by atoms with van der Waals surface area (Å²) in [6.07, 6.45) is 2.65. The standard InChI is InChI=1S/C18H21NO2/c1-20-16-9-15(10-17(11-16)21-2)19-12-14-5-3-4-6-18(14)13-7-8-13/h3-6,9-11,13,19H,7-8,12H2,1-2H3. The van der Waals surface area contributed by atoms with Crippen LogP contribution in [0.1, 0.15) is 29.9 Å². The van der Waals surface area contributed by atoms with Gasteiger partial charge in [-0.05, 0) is 29.9 Å². The van der Waals surface area contributed by atoms with Crippen molar-refractivity contribution >= 4 is 5.69 Å². The minimum atomic E-state index is 0.767. The van der Waals surface area contributed by atoms with Gasteiger partial charge in [-0.2, -0.15) is 0 Å². The minimum Gasteiger partial charge on any atom is -0.497 e. The van der Waals surface area contributed by atoms with Gasteiger partial charge < -0.3 is 14.8 Å². The number of anilines is 1. The molecular formula is C18H21NO2. The highest BCUT2D eigenvalue weighted by molar-refractivity contribution is 5.54. The summed E-state index contributed by atoms with van der Waals surface area (Å²) >= 11 is 0. The third kappa shape index (κ3) is 3.30. The van der Waals surface area contributed by atoms with Crippen molar-refractivity contribution in [3.63, 3.8) is 0 Å². The van der Waals surface area contributed by atoms with Crippen LogP contribution in [0.3, 0.4) is 0 Å². The van der Waals surface area contributed by atoms with E-state index in [1.165, 1.54) is 24.0 Å². The molecule has 3 nitrogen and oxygen atoms in total. The van der Waals surface area contributed by atoms with Gasteiger partial charge in [-0.25, -0.2) is 0 Å². The zero-order valence-corrected chi connectivity index (χ0v) is 12.6. The number of methoxy groups -OCH3 is 2. The zero-order valence-electron chi connectivity index (χ0n) is 12.6. The first-order chi connectivity index (χ1) is 10.3. The SMILES string of the molecule is COc1cc(NCc2ccccc2C2CC2)cc(OC)c1. The van der Waals surface area contributed by atoms with Crippen LogP contribution in [0, 0.1) is 0 Å². The first-order valence-corrected chi connectivity index (χ1v) is 7.35. The van der Waals surface area contributed by atoms with Crippen LogP contribution >= 0.6 is 0 Å². The van der Waals surface area contributed by atoms with Crippen LogP contribution in [0.5, 0.6) is 11.5 Å². The lowest BCUT2D eigenvalue weighted by Crippen LogP contribution is -2.03. The summed E-state index contributed by atoms with van der Waals surface area (Å²) in [4.78, 5) is 0. The van der Waals surface area contributed by atoms with Crippen molar-refractivity contribution in [2.75, 3.05) is 19.5 Å². The second kappa shape index (κ2) is 6.08. The second-order valence-electron chi connectivity index (χ2n) is 5.43. The number of nitrogens with one attached hydrogen (secondary N) is 1. The molecule has 21 heavy (non-hydrogen) atoms. The molecular weight excluding hydrogens is 262 g/mol. The molecule has 3 rings (SSSR count). The average molecular weight is 283 g/mol. The number of hydrogen-bond donors (Lipinski definition) is 1. The number of hydrogen-bond acceptors (Lipinski definition) is 3. The molecule has 1 fully saturated rings. The van der Waals surface area contributed by atoms with Crippen LogP contribution in [0.2, 0.25) is 0 Å². The molecule has 1 N–H and O–H groups in total. The maximum atomic E-state index is 5.30. The molecule has 0 radical (unpaired) electrons. The van der Waals surface area contributed by atoms with E-state index in [-0.39, 0.29) is 0 Å². The molecule has 0 aliphatic heterocycles. The molecule has 2 aromatic rings. The van der Waals surface area contributed by atoms with Crippen molar-refractivity contribution in [2.24, 2.45) is 0 Å². The Balaban J connectivity index is 1.75. The van der Waals surface area contributed by atoms with Crippen molar-refractivity contribution in [3.05, 3.63) is 53.6 Å². The Morgan fingerprint density at radius 3 is 2.29 bits per heavy atom. The maximum Gasteiger partial charge on any atom is 0.124 e. The van der Waals surface area contributed by atoms with Gasteiger partial charge in [0.25, 0.3) is 0 Å². The average Bonchev–Trinajstić information content (AvgIpc) is 3.37. The van der Waals surface area contributed by atoms with E-state index in [2.05, 4.69) is 29.6 Å². The molecule has 0 saturated heterocycles. The Hall–Kier alpha value is -2.16. The Morgan fingerprint density at radius 2 is 1.67 bits per heavy atom. The van der Waals surface area contributed by atoms with Crippen LogP contribution in [0.25, 0.3) is 0 Å². The summed E-state index contributed by atoms with van der Waals surface area (Å²) in [6.45, 7) is 0.822. The molecule has 1 saturated carbocycles. The lowest BCUT2D eigenvalue weighted by atomic mass is 10.0. The monoisotopic (exact) mass is 283 g/mol. The Morgan fingerprint density at radius 1 is 1.00 bits per heavy atom. The smallest absolute Gasteiger partial charge is 0.124 e. The number of benzene rings is 2. The topological polar surface area (TPSA) is 30.5 Å². The van der Waals surface area contributed by atoms with Crippen molar-refractivity contribution < 1.29 is 9.47 Å². The van der Waals surface area contributed by atoms with Crippen molar-refractivity contribution in [2.45, 2.75) is 25.3 Å². The van der Waals surface area contributed by atoms with Crippen LogP contribution in [-0.4, -0.2) is 14.2 Å². The maximum absolute atomic E-state index is 5.30. The normalized spacial score (nSPS) is 13.8. The quantitative estimate of drug-likeness (QED) is 0.862. The van der Waals surface area contributed by atoms with Gasteiger partial charge in [-0.15, -0.1) is 0 Å². The first-order valence-electron chi connectivity index (χ1n) is 7.35. The van der Waals surface area contributed by atoms with E-state index in [1.54, 1.807) is 14.2 Å². The Bertz CT molecular complexity index is 598. The van der Waals surface area contributed by atoms with E-state index < -0.39 is 0 Å². The van der Waals surface area contributed by atoms with Gasteiger partial charge in [0, 0.05) is 30.4 Å². The van der Waals surface area contributed by atoms with Gasteiger partial charge in [0.1, 0.15) is 11.5 Å². The molecule has 0 aromatic heterocycles. The molecule has 0 heterocycles. The molecule has 0 amide bonds. The van der Waals surface area contributed by atoms with Crippen molar-refractivity contribution in [1.29, 1.82) is 0 Å². The predicted molar refractivity (Wildman–Crippen MR) is 85.3 cm³/mol. The summed E-state index contributed by atoms with van der Waals surface area (Å²) in [5.41, 5.74) is 3.87. The fourth-order valence-electron chi connectivity index (χ4n) is 2.59. The lowest BCUT2D eigenvalue weighted by molar-refractivity contribution is 0.394. The molecule has 0 atom stereocenters. The predicted octanol–water partition coefficient (Wildman–Crippen LogP) is 4.19. The van der Waals surface area contributed by atoms with Crippen molar-refractivity contribution in [1.82, 2.24) is 0 Å². The highest BCUT2D eigenvalue weighted by Gasteiger charge is 2.25. The summed E-state index contributed by atoms with van der Waals surface area (Å²) < 4.78 is 10.6. The third-order valence-electron chi connectivity index (χ3n) is 3.91. The highest BCUT2D eigenvalue weighted by atomic mass is 16.5. The number of ether oxygens (including phenoxy) is 2.